The number of nitrogens with zero attached hydrogens (tertiary/aromatic N) is 4. The lowest BCUT2D eigenvalue weighted by Gasteiger charge is -2.38. The van der Waals surface area contributed by atoms with Gasteiger partial charge in [0.05, 0.1) is 12.6 Å². The third kappa shape index (κ3) is 4.43. The molecule has 2 saturated heterocycles. The van der Waals surface area contributed by atoms with Gasteiger partial charge in [-0.15, -0.1) is 0 Å². The van der Waals surface area contributed by atoms with E-state index in [1.807, 2.05) is 11.8 Å². The molecule has 0 radical (unpaired) electrons. The molecule has 2 aliphatic heterocycles. The Labute approximate surface area is 134 Å². The van der Waals surface area contributed by atoms with Crippen molar-refractivity contribution in [3.8, 4) is 0 Å². The molecule has 6 heteroatoms. The maximum Gasteiger partial charge on any atom is 0.239 e. The molecule has 0 saturated carbocycles. The Bertz CT molecular complexity index is 386. The van der Waals surface area contributed by atoms with Crippen LogP contribution in [0.2, 0.25) is 0 Å². The summed E-state index contributed by atoms with van der Waals surface area (Å²) in [4.78, 5) is 32.4. The van der Waals surface area contributed by atoms with Crippen molar-refractivity contribution >= 4 is 11.8 Å². The maximum atomic E-state index is 12.3. The highest BCUT2D eigenvalue weighted by Crippen LogP contribution is 2.11. The molecule has 0 N–H and O–H groups in total. The van der Waals surface area contributed by atoms with Gasteiger partial charge in [0.1, 0.15) is 0 Å². The molecule has 0 aromatic heterocycles. The van der Waals surface area contributed by atoms with Gasteiger partial charge in [0, 0.05) is 53.4 Å². The summed E-state index contributed by atoms with van der Waals surface area (Å²) in [5, 5.41) is 0. The van der Waals surface area contributed by atoms with Crippen LogP contribution < -0.4 is 0 Å². The van der Waals surface area contributed by atoms with Crippen molar-refractivity contribution in [3.05, 3.63) is 0 Å². The van der Waals surface area contributed by atoms with Gasteiger partial charge in [-0.2, -0.15) is 0 Å². The van der Waals surface area contributed by atoms with Crippen molar-refractivity contribution in [2.45, 2.75) is 32.2 Å². The van der Waals surface area contributed by atoms with E-state index in [4.69, 9.17) is 0 Å². The largest absolute Gasteiger partial charge is 0.347 e. The van der Waals surface area contributed by atoms with Gasteiger partial charge >= 0.3 is 0 Å². The predicted molar refractivity (Wildman–Crippen MR) is 86.6 cm³/mol. The van der Waals surface area contributed by atoms with E-state index in [0.29, 0.717) is 6.54 Å². The molecule has 0 aromatic rings. The predicted octanol–water partition coefficient (Wildman–Crippen LogP) is 0.0932. The molecule has 2 heterocycles. The Hall–Kier alpha value is -1.14. The minimum absolute atomic E-state index is 0.0741. The summed E-state index contributed by atoms with van der Waals surface area (Å²) in [5.74, 6) is 0.420. The second kappa shape index (κ2) is 7.92. The summed E-state index contributed by atoms with van der Waals surface area (Å²) in [6, 6.07) is -0.0741. The van der Waals surface area contributed by atoms with Gasteiger partial charge in [-0.25, -0.2) is 0 Å². The molecule has 6 nitrogen and oxygen atoms in total. The lowest BCUT2D eigenvalue weighted by atomic mass is 10.1. The summed E-state index contributed by atoms with van der Waals surface area (Å²) in [6.07, 6.45) is 3.54. The Morgan fingerprint density at radius 3 is 2.09 bits per heavy atom. The lowest BCUT2D eigenvalue weighted by molar-refractivity contribution is -0.136. The van der Waals surface area contributed by atoms with Crippen molar-refractivity contribution < 1.29 is 9.59 Å². The van der Waals surface area contributed by atoms with E-state index in [-0.39, 0.29) is 17.9 Å². The molecule has 0 aliphatic carbocycles. The van der Waals surface area contributed by atoms with Crippen LogP contribution in [-0.2, 0) is 9.59 Å². The second-order valence-corrected chi connectivity index (χ2v) is 6.66. The molecule has 2 fully saturated rings. The van der Waals surface area contributed by atoms with E-state index < -0.39 is 0 Å². The molecule has 1 unspecified atom stereocenters. The van der Waals surface area contributed by atoms with Crippen LogP contribution in [0.3, 0.4) is 0 Å². The molecule has 1 atom stereocenters. The summed E-state index contributed by atoms with van der Waals surface area (Å²) < 4.78 is 0. The molecule has 126 valence electrons. The van der Waals surface area contributed by atoms with E-state index in [1.165, 1.54) is 6.42 Å². The molecule has 2 amide bonds. The lowest BCUT2D eigenvalue weighted by Crippen LogP contribution is -2.55. The fourth-order valence-corrected chi connectivity index (χ4v) is 3.27. The standard InChI is InChI=1S/C16H30N4O2/c1-14(16(22)17(2)3)19-11-9-18(10-12-19)13-15(21)20-7-5-4-6-8-20/h14H,4-13H2,1-3H3. The summed E-state index contributed by atoms with van der Waals surface area (Å²) in [5.41, 5.74) is 0. The van der Waals surface area contributed by atoms with E-state index in [9.17, 15) is 9.59 Å². The number of piperidine rings is 1. The third-order valence-corrected chi connectivity index (χ3v) is 4.82. The van der Waals surface area contributed by atoms with Crippen LogP contribution in [-0.4, -0.2) is 97.4 Å². The van der Waals surface area contributed by atoms with E-state index in [0.717, 1.165) is 52.1 Å². The van der Waals surface area contributed by atoms with Gasteiger partial charge in [-0.3, -0.25) is 19.4 Å². The Balaban J connectivity index is 1.74. The molecule has 2 rings (SSSR count). The van der Waals surface area contributed by atoms with Crippen LogP contribution in [0.1, 0.15) is 26.2 Å². The van der Waals surface area contributed by atoms with Crippen LogP contribution in [0.15, 0.2) is 0 Å². The summed E-state index contributed by atoms with van der Waals surface area (Å²) in [6.45, 7) is 7.79. The molecular weight excluding hydrogens is 280 g/mol. The molecule has 0 bridgehead atoms. The zero-order valence-corrected chi connectivity index (χ0v) is 14.3. The number of hydrogen-bond acceptors (Lipinski definition) is 4. The summed E-state index contributed by atoms with van der Waals surface area (Å²) >= 11 is 0. The molecular formula is C16H30N4O2. The quantitative estimate of drug-likeness (QED) is 0.738. The Kier molecular flexibility index (Phi) is 6.20. The summed E-state index contributed by atoms with van der Waals surface area (Å²) in [7, 11) is 3.60. The second-order valence-electron chi connectivity index (χ2n) is 6.66. The average Bonchev–Trinajstić information content (AvgIpc) is 2.55. The number of likely N-dealkylation sites (N-methyl/N-ethyl adjacent to an activating group) is 1. The molecule has 0 aromatic carbocycles. The first kappa shape index (κ1) is 17.2. The number of hydrogen-bond donors (Lipinski definition) is 0. The number of piperazine rings is 1. The Morgan fingerprint density at radius 1 is 0.955 bits per heavy atom. The van der Waals surface area contributed by atoms with Crippen molar-refractivity contribution in [3.63, 3.8) is 0 Å². The van der Waals surface area contributed by atoms with Crippen molar-refractivity contribution in [2.75, 3.05) is 59.9 Å². The van der Waals surface area contributed by atoms with E-state index >= 15 is 0 Å². The van der Waals surface area contributed by atoms with Crippen molar-refractivity contribution in [1.82, 2.24) is 19.6 Å². The van der Waals surface area contributed by atoms with Crippen LogP contribution in [0, 0.1) is 0 Å². The van der Waals surface area contributed by atoms with Crippen LogP contribution in [0.4, 0.5) is 0 Å². The Morgan fingerprint density at radius 2 is 1.55 bits per heavy atom. The van der Waals surface area contributed by atoms with Crippen LogP contribution >= 0.6 is 0 Å². The zero-order chi connectivity index (χ0) is 16.1. The van der Waals surface area contributed by atoms with Crippen molar-refractivity contribution in [2.24, 2.45) is 0 Å². The minimum Gasteiger partial charge on any atom is -0.347 e. The molecule has 0 spiro atoms. The van der Waals surface area contributed by atoms with E-state index in [2.05, 4.69) is 9.80 Å². The smallest absolute Gasteiger partial charge is 0.239 e. The van der Waals surface area contributed by atoms with Gasteiger partial charge < -0.3 is 9.80 Å². The van der Waals surface area contributed by atoms with E-state index in [1.54, 1.807) is 19.0 Å². The van der Waals surface area contributed by atoms with Gasteiger partial charge in [0.15, 0.2) is 0 Å². The van der Waals surface area contributed by atoms with Gasteiger partial charge in [0.2, 0.25) is 11.8 Å². The first-order chi connectivity index (χ1) is 10.5. The fraction of sp³-hybridized carbons (Fsp3) is 0.875. The molecule has 22 heavy (non-hydrogen) atoms. The zero-order valence-electron chi connectivity index (χ0n) is 14.3. The fourth-order valence-electron chi connectivity index (χ4n) is 3.27. The highest BCUT2D eigenvalue weighted by molar-refractivity contribution is 5.81. The third-order valence-electron chi connectivity index (χ3n) is 4.82. The number of rotatable bonds is 4. The highest BCUT2D eigenvalue weighted by Gasteiger charge is 2.28. The number of carbonyl (C=O) groups excluding carboxylic acids is 2. The monoisotopic (exact) mass is 310 g/mol. The highest BCUT2D eigenvalue weighted by atomic mass is 16.2. The number of likely N-dealkylation sites (tertiary alicyclic amines) is 1. The minimum atomic E-state index is -0.0741. The normalized spacial score (nSPS) is 22.4. The van der Waals surface area contributed by atoms with Crippen LogP contribution in [0.5, 0.6) is 0 Å². The van der Waals surface area contributed by atoms with Crippen LogP contribution in [0.25, 0.3) is 0 Å². The SMILES string of the molecule is CC(C(=O)N(C)C)N1CCN(CC(=O)N2CCCCC2)CC1. The average molecular weight is 310 g/mol. The maximum absolute atomic E-state index is 12.3. The number of carbonyl (C=O) groups is 2. The van der Waals surface area contributed by atoms with Gasteiger partial charge in [0.25, 0.3) is 0 Å². The van der Waals surface area contributed by atoms with Gasteiger partial charge in [-0.1, -0.05) is 0 Å². The first-order valence-corrected chi connectivity index (χ1v) is 8.44. The van der Waals surface area contributed by atoms with Crippen molar-refractivity contribution in [1.29, 1.82) is 0 Å². The first-order valence-electron chi connectivity index (χ1n) is 8.44. The topological polar surface area (TPSA) is 47.1 Å². The molecule has 2 aliphatic rings. The van der Waals surface area contributed by atoms with Gasteiger partial charge in [-0.05, 0) is 26.2 Å². The number of amides is 2.